The zero-order chi connectivity index (χ0) is 12.4. The van der Waals surface area contributed by atoms with E-state index in [0.717, 1.165) is 5.56 Å². The number of aryl methyl sites for hydroxylation is 1. The number of nitrogens with zero attached hydrogens (tertiary/aromatic N) is 1. The Morgan fingerprint density at radius 2 is 1.94 bits per heavy atom. The summed E-state index contributed by atoms with van der Waals surface area (Å²) in [6.45, 7) is 1.94. The second-order valence-corrected chi connectivity index (χ2v) is 5.18. The summed E-state index contributed by atoms with van der Waals surface area (Å²) >= 11 is 15.1. The van der Waals surface area contributed by atoms with Crippen LogP contribution >= 0.6 is 39.1 Å². The Hall–Kier alpha value is -0.770. The molecule has 0 aliphatic rings. The average molecular weight is 333 g/mol. The Labute approximate surface area is 118 Å². The molecule has 2 nitrogen and oxygen atoms in total. The van der Waals surface area contributed by atoms with Gasteiger partial charge in [0.1, 0.15) is 5.75 Å². The van der Waals surface area contributed by atoms with E-state index in [2.05, 4.69) is 20.9 Å². The molecule has 2 rings (SSSR count). The van der Waals surface area contributed by atoms with Crippen LogP contribution in [0.3, 0.4) is 0 Å². The van der Waals surface area contributed by atoms with Gasteiger partial charge in [-0.2, -0.15) is 0 Å². The van der Waals surface area contributed by atoms with Gasteiger partial charge in [-0.05, 0) is 46.6 Å². The number of pyridine rings is 1. The Morgan fingerprint density at radius 1 is 1.18 bits per heavy atom. The lowest BCUT2D eigenvalue weighted by Gasteiger charge is -2.09. The van der Waals surface area contributed by atoms with E-state index in [1.807, 2.05) is 19.1 Å². The summed E-state index contributed by atoms with van der Waals surface area (Å²) in [7, 11) is 0. The third kappa shape index (κ3) is 3.12. The van der Waals surface area contributed by atoms with E-state index in [-0.39, 0.29) is 0 Å². The third-order valence-corrected chi connectivity index (χ3v) is 3.14. The van der Waals surface area contributed by atoms with E-state index in [9.17, 15) is 0 Å². The molecule has 0 aliphatic carbocycles. The number of hydrogen-bond acceptors (Lipinski definition) is 2. The van der Waals surface area contributed by atoms with Crippen molar-refractivity contribution < 1.29 is 4.74 Å². The lowest BCUT2D eigenvalue weighted by atomic mass is 10.2. The van der Waals surface area contributed by atoms with E-state index in [1.165, 1.54) is 6.20 Å². The van der Waals surface area contributed by atoms with Gasteiger partial charge in [0.25, 0.3) is 0 Å². The summed E-state index contributed by atoms with van der Waals surface area (Å²) < 4.78 is 6.37. The molecular weight excluding hydrogens is 325 g/mol. The number of aromatic nitrogens is 1. The molecule has 5 heteroatoms. The van der Waals surface area contributed by atoms with Crippen LogP contribution in [0.15, 0.2) is 34.9 Å². The molecule has 1 aromatic heterocycles. The van der Waals surface area contributed by atoms with Crippen molar-refractivity contribution in [2.24, 2.45) is 0 Å². The van der Waals surface area contributed by atoms with Crippen molar-refractivity contribution in [1.29, 1.82) is 0 Å². The molecule has 17 heavy (non-hydrogen) atoms. The predicted octanol–water partition coefficient (Wildman–Crippen LogP) is 5.25. The minimum Gasteiger partial charge on any atom is -0.438 e. The van der Waals surface area contributed by atoms with Crippen LogP contribution in [0.1, 0.15) is 5.56 Å². The van der Waals surface area contributed by atoms with Crippen LogP contribution in [-0.2, 0) is 0 Å². The Bertz CT molecular complexity index is 560. The maximum Gasteiger partial charge on any atom is 0.233 e. The number of benzene rings is 1. The van der Waals surface area contributed by atoms with E-state index < -0.39 is 0 Å². The largest absolute Gasteiger partial charge is 0.438 e. The van der Waals surface area contributed by atoms with Crippen molar-refractivity contribution in [1.82, 2.24) is 4.98 Å². The van der Waals surface area contributed by atoms with Crippen molar-refractivity contribution >= 4 is 39.1 Å². The molecular formula is C12H8BrCl2NO. The highest BCUT2D eigenvalue weighted by Gasteiger charge is 2.07. The van der Waals surface area contributed by atoms with Gasteiger partial charge in [-0.3, -0.25) is 0 Å². The lowest BCUT2D eigenvalue weighted by molar-refractivity contribution is 0.456. The van der Waals surface area contributed by atoms with Gasteiger partial charge in [0.2, 0.25) is 5.88 Å². The first-order valence-corrected chi connectivity index (χ1v) is 6.36. The third-order valence-electron chi connectivity index (χ3n) is 2.13. The van der Waals surface area contributed by atoms with Crippen molar-refractivity contribution in [2.45, 2.75) is 6.92 Å². The first kappa shape index (κ1) is 12.7. The number of hydrogen-bond donors (Lipinski definition) is 0. The van der Waals surface area contributed by atoms with Crippen LogP contribution in [0, 0.1) is 6.92 Å². The summed E-state index contributed by atoms with van der Waals surface area (Å²) in [5, 5.41) is 1.17. The van der Waals surface area contributed by atoms with Gasteiger partial charge in [0, 0.05) is 11.2 Å². The van der Waals surface area contributed by atoms with Crippen LogP contribution in [0.5, 0.6) is 11.6 Å². The zero-order valence-electron chi connectivity index (χ0n) is 8.88. The Morgan fingerprint density at radius 3 is 2.65 bits per heavy atom. The van der Waals surface area contributed by atoms with Gasteiger partial charge in [-0.1, -0.05) is 29.3 Å². The molecule has 1 heterocycles. The Kier molecular flexibility index (Phi) is 3.92. The van der Waals surface area contributed by atoms with Crippen molar-refractivity contribution in [3.8, 4) is 11.6 Å². The summed E-state index contributed by atoms with van der Waals surface area (Å²) in [6, 6.07) is 7.18. The van der Waals surface area contributed by atoms with Crippen LogP contribution in [-0.4, -0.2) is 4.98 Å². The molecule has 0 aliphatic heterocycles. The molecule has 0 bridgehead atoms. The molecule has 0 spiro atoms. The van der Waals surface area contributed by atoms with Crippen molar-refractivity contribution in [3.63, 3.8) is 0 Å². The second-order valence-electron chi connectivity index (χ2n) is 3.45. The van der Waals surface area contributed by atoms with E-state index >= 15 is 0 Å². The van der Waals surface area contributed by atoms with Crippen molar-refractivity contribution in [2.75, 3.05) is 0 Å². The van der Waals surface area contributed by atoms with Crippen LogP contribution in [0.25, 0.3) is 0 Å². The molecule has 0 radical (unpaired) electrons. The van der Waals surface area contributed by atoms with E-state index in [4.69, 9.17) is 27.9 Å². The highest BCUT2D eigenvalue weighted by Crippen LogP contribution is 2.32. The summed E-state index contributed by atoms with van der Waals surface area (Å²) in [6.07, 6.45) is 1.53. The van der Waals surface area contributed by atoms with Crippen molar-refractivity contribution in [3.05, 3.63) is 50.5 Å². The smallest absolute Gasteiger partial charge is 0.233 e. The summed E-state index contributed by atoms with van der Waals surface area (Å²) in [5.74, 6) is 1.13. The van der Waals surface area contributed by atoms with Crippen LogP contribution in [0.4, 0.5) is 0 Å². The molecule has 0 N–H and O–H groups in total. The highest BCUT2D eigenvalue weighted by atomic mass is 79.9. The number of rotatable bonds is 2. The molecule has 0 amide bonds. The van der Waals surface area contributed by atoms with E-state index in [0.29, 0.717) is 26.1 Å². The quantitative estimate of drug-likeness (QED) is 0.749. The predicted molar refractivity (Wildman–Crippen MR) is 73.2 cm³/mol. The average Bonchev–Trinajstić information content (AvgIpc) is 2.27. The minimum absolute atomic E-state index is 0.458. The van der Waals surface area contributed by atoms with Gasteiger partial charge in [0.05, 0.1) is 9.50 Å². The fraction of sp³-hybridized carbons (Fsp3) is 0.0833. The topological polar surface area (TPSA) is 22.1 Å². The van der Waals surface area contributed by atoms with Crippen LogP contribution < -0.4 is 4.74 Å². The SMILES string of the molecule is Cc1ccc(Cl)cc1Oc1ncc(Cl)cc1Br. The maximum atomic E-state index is 5.91. The second kappa shape index (κ2) is 5.25. The summed E-state index contributed by atoms with van der Waals surface area (Å²) in [5.41, 5.74) is 0.984. The van der Waals surface area contributed by atoms with E-state index in [1.54, 1.807) is 12.1 Å². The zero-order valence-corrected chi connectivity index (χ0v) is 12.0. The standard InChI is InChI=1S/C12H8BrCl2NO/c1-7-2-3-8(14)5-11(7)17-12-10(13)4-9(15)6-16-12/h2-6H,1H3. The fourth-order valence-corrected chi connectivity index (χ4v) is 2.15. The molecule has 0 saturated heterocycles. The highest BCUT2D eigenvalue weighted by molar-refractivity contribution is 9.10. The first-order valence-electron chi connectivity index (χ1n) is 4.81. The van der Waals surface area contributed by atoms with Gasteiger partial charge in [-0.25, -0.2) is 4.98 Å². The fourth-order valence-electron chi connectivity index (χ4n) is 1.27. The van der Waals surface area contributed by atoms with Gasteiger partial charge < -0.3 is 4.74 Å². The van der Waals surface area contributed by atoms with Gasteiger partial charge >= 0.3 is 0 Å². The van der Waals surface area contributed by atoms with Crippen LogP contribution in [0.2, 0.25) is 10.0 Å². The first-order chi connectivity index (χ1) is 8.06. The molecule has 0 atom stereocenters. The monoisotopic (exact) mass is 331 g/mol. The Balaban J connectivity index is 2.34. The normalized spacial score (nSPS) is 10.4. The minimum atomic E-state index is 0.458. The molecule has 2 aromatic rings. The molecule has 88 valence electrons. The molecule has 1 aromatic carbocycles. The van der Waals surface area contributed by atoms with Gasteiger partial charge in [-0.15, -0.1) is 0 Å². The molecule has 0 unspecified atom stereocenters. The number of ether oxygens (including phenoxy) is 1. The summed E-state index contributed by atoms with van der Waals surface area (Å²) in [4.78, 5) is 4.10. The van der Waals surface area contributed by atoms with Gasteiger partial charge in [0.15, 0.2) is 0 Å². The maximum absolute atomic E-state index is 5.91. The number of halogens is 3. The molecule has 0 saturated carbocycles. The molecule has 0 fully saturated rings. The lowest BCUT2D eigenvalue weighted by Crippen LogP contribution is -1.91.